The summed E-state index contributed by atoms with van der Waals surface area (Å²) in [5, 5.41) is 13.5. The van der Waals surface area contributed by atoms with Gasteiger partial charge in [0.15, 0.2) is 0 Å². The van der Waals surface area contributed by atoms with Crippen molar-refractivity contribution in [1.82, 2.24) is 10.3 Å². The summed E-state index contributed by atoms with van der Waals surface area (Å²) in [6, 6.07) is 3.52. The molecule has 0 aliphatic heterocycles. The third kappa shape index (κ3) is 4.48. The molecule has 1 heterocycles. The van der Waals surface area contributed by atoms with Gasteiger partial charge in [-0.2, -0.15) is 0 Å². The lowest BCUT2D eigenvalue weighted by Gasteiger charge is -2.31. The van der Waals surface area contributed by atoms with Crippen molar-refractivity contribution in [2.45, 2.75) is 50.7 Å². The van der Waals surface area contributed by atoms with Crippen molar-refractivity contribution >= 4 is 17.5 Å². The molecule has 1 aliphatic carbocycles. The normalized spacial score (nSPS) is 18.0. The van der Waals surface area contributed by atoms with Crippen LogP contribution in [0.2, 0.25) is 5.15 Å². The maximum atomic E-state index is 11.8. The molecule has 2 rings (SSSR count). The lowest BCUT2D eigenvalue weighted by Crippen LogP contribution is -2.38. The number of carbonyl (C=O) groups is 1. The van der Waals surface area contributed by atoms with Crippen LogP contribution in [-0.4, -0.2) is 21.6 Å². The molecule has 5 heteroatoms. The molecule has 1 amide bonds. The smallest absolute Gasteiger partial charge is 0.223 e. The van der Waals surface area contributed by atoms with Crippen LogP contribution in [0.4, 0.5) is 0 Å². The zero-order chi connectivity index (χ0) is 13.7. The highest BCUT2D eigenvalue weighted by atomic mass is 35.5. The number of hydrogen-bond donors (Lipinski definition) is 2. The van der Waals surface area contributed by atoms with Crippen molar-refractivity contribution in [3.63, 3.8) is 0 Å². The van der Waals surface area contributed by atoms with Gasteiger partial charge in [-0.1, -0.05) is 36.9 Å². The van der Waals surface area contributed by atoms with E-state index in [1.54, 1.807) is 12.3 Å². The summed E-state index contributed by atoms with van der Waals surface area (Å²) in [5.74, 6) is -0.112. The topological polar surface area (TPSA) is 62.2 Å². The van der Waals surface area contributed by atoms with Crippen LogP contribution >= 0.6 is 11.6 Å². The Morgan fingerprint density at radius 1 is 1.37 bits per heavy atom. The zero-order valence-electron chi connectivity index (χ0n) is 10.9. The Balaban J connectivity index is 1.79. The molecule has 0 saturated heterocycles. The maximum absolute atomic E-state index is 11.8. The SMILES string of the molecule is O=C(CC1(O)CCCCC1)NCc1ccc(Cl)nc1. The number of amides is 1. The van der Waals surface area contributed by atoms with E-state index >= 15 is 0 Å². The lowest BCUT2D eigenvalue weighted by atomic mass is 9.82. The summed E-state index contributed by atoms with van der Waals surface area (Å²) in [5.41, 5.74) is 0.0917. The van der Waals surface area contributed by atoms with Crippen molar-refractivity contribution in [3.05, 3.63) is 29.0 Å². The number of nitrogens with zero attached hydrogens (tertiary/aromatic N) is 1. The van der Waals surface area contributed by atoms with Gasteiger partial charge in [0.25, 0.3) is 0 Å². The average Bonchev–Trinajstić information content (AvgIpc) is 2.38. The number of aliphatic hydroxyl groups is 1. The molecule has 1 aliphatic rings. The number of rotatable bonds is 4. The van der Waals surface area contributed by atoms with Crippen LogP contribution in [0, 0.1) is 0 Å². The first-order chi connectivity index (χ1) is 9.07. The third-order valence-corrected chi connectivity index (χ3v) is 3.78. The molecule has 0 radical (unpaired) electrons. The van der Waals surface area contributed by atoms with Crippen molar-refractivity contribution in [1.29, 1.82) is 0 Å². The molecule has 19 heavy (non-hydrogen) atoms. The Hall–Kier alpha value is -1.13. The van der Waals surface area contributed by atoms with Crippen LogP contribution in [0.25, 0.3) is 0 Å². The highest BCUT2D eigenvalue weighted by molar-refractivity contribution is 6.29. The Bertz CT molecular complexity index is 428. The minimum Gasteiger partial charge on any atom is -0.389 e. The van der Waals surface area contributed by atoms with Crippen LogP contribution < -0.4 is 5.32 Å². The van der Waals surface area contributed by atoms with Crippen LogP contribution in [0.15, 0.2) is 18.3 Å². The standard InChI is InChI=1S/C14H19ClN2O2/c15-12-5-4-11(9-16-12)10-17-13(18)8-14(19)6-2-1-3-7-14/h4-5,9,19H,1-3,6-8,10H2,(H,17,18). The highest BCUT2D eigenvalue weighted by Crippen LogP contribution is 2.30. The molecule has 4 nitrogen and oxygen atoms in total. The van der Waals surface area contributed by atoms with Crippen molar-refractivity contribution in [2.24, 2.45) is 0 Å². The summed E-state index contributed by atoms with van der Waals surface area (Å²) < 4.78 is 0. The Morgan fingerprint density at radius 2 is 2.11 bits per heavy atom. The van der Waals surface area contributed by atoms with Crippen molar-refractivity contribution in [3.8, 4) is 0 Å². The molecule has 1 aromatic rings. The number of hydrogen-bond acceptors (Lipinski definition) is 3. The molecule has 0 bridgehead atoms. The van der Waals surface area contributed by atoms with Gasteiger partial charge in [0, 0.05) is 12.7 Å². The fourth-order valence-corrected chi connectivity index (χ4v) is 2.57. The molecule has 1 aromatic heterocycles. The minimum atomic E-state index is -0.805. The third-order valence-electron chi connectivity index (χ3n) is 3.55. The van der Waals surface area contributed by atoms with Crippen LogP contribution in [0.3, 0.4) is 0 Å². The van der Waals surface area contributed by atoms with E-state index in [1.807, 2.05) is 6.07 Å². The van der Waals surface area contributed by atoms with Gasteiger partial charge in [0.2, 0.25) is 5.91 Å². The number of carbonyl (C=O) groups excluding carboxylic acids is 1. The Morgan fingerprint density at radius 3 is 2.74 bits per heavy atom. The molecule has 1 fully saturated rings. The summed E-state index contributed by atoms with van der Waals surface area (Å²) >= 11 is 5.69. The highest BCUT2D eigenvalue weighted by Gasteiger charge is 2.31. The second-order valence-electron chi connectivity index (χ2n) is 5.23. The average molecular weight is 283 g/mol. The minimum absolute atomic E-state index is 0.112. The molecule has 1 saturated carbocycles. The summed E-state index contributed by atoms with van der Waals surface area (Å²) in [6.45, 7) is 0.416. The first-order valence-electron chi connectivity index (χ1n) is 6.67. The largest absolute Gasteiger partial charge is 0.389 e. The number of nitrogens with one attached hydrogen (secondary N) is 1. The van der Waals surface area contributed by atoms with Gasteiger partial charge >= 0.3 is 0 Å². The number of halogens is 1. The number of pyridine rings is 1. The molecule has 0 spiro atoms. The van der Waals surface area contributed by atoms with Gasteiger partial charge in [-0.05, 0) is 24.5 Å². The molecule has 104 valence electrons. The fourth-order valence-electron chi connectivity index (χ4n) is 2.46. The van der Waals surface area contributed by atoms with Crippen LogP contribution in [-0.2, 0) is 11.3 Å². The van der Waals surface area contributed by atoms with E-state index in [9.17, 15) is 9.90 Å². The van der Waals surface area contributed by atoms with Crippen LogP contribution in [0.1, 0.15) is 44.1 Å². The lowest BCUT2D eigenvalue weighted by molar-refractivity contribution is -0.127. The quantitative estimate of drug-likeness (QED) is 0.834. The molecule has 0 unspecified atom stereocenters. The van der Waals surface area contributed by atoms with E-state index in [0.29, 0.717) is 11.7 Å². The van der Waals surface area contributed by atoms with E-state index in [2.05, 4.69) is 10.3 Å². The van der Waals surface area contributed by atoms with Gasteiger partial charge in [-0.3, -0.25) is 4.79 Å². The first-order valence-corrected chi connectivity index (χ1v) is 7.05. The zero-order valence-corrected chi connectivity index (χ0v) is 11.6. The van der Waals surface area contributed by atoms with E-state index in [4.69, 9.17) is 11.6 Å². The first kappa shape index (κ1) is 14.3. The van der Waals surface area contributed by atoms with Gasteiger partial charge in [-0.25, -0.2) is 4.98 Å². The Labute approximate surface area is 118 Å². The van der Waals surface area contributed by atoms with E-state index in [0.717, 1.165) is 37.7 Å². The van der Waals surface area contributed by atoms with Gasteiger partial charge < -0.3 is 10.4 Å². The maximum Gasteiger partial charge on any atom is 0.223 e. The van der Waals surface area contributed by atoms with Crippen molar-refractivity contribution < 1.29 is 9.90 Å². The van der Waals surface area contributed by atoms with Gasteiger partial charge in [0.1, 0.15) is 5.15 Å². The fraction of sp³-hybridized carbons (Fsp3) is 0.571. The van der Waals surface area contributed by atoms with E-state index in [-0.39, 0.29) is 12.3 Å². The molecular weight excluding hydrogens is 264 g/mol. The Kier molecular flexibility index (Phi) is 4.77. The summed E-state index contributed by atoms with van der Waals surface area (Å²) in [7, 11) is 0. The van der Waals surface area contributed by atoms with Gasteiger partial charge in [-0.15, -0.1) is 0 Å². The van der Waals surface area contributed by atoms with Crippen LogP contribution in [0.5, 0.6) is 0 Å². The predicted molar refractivity (Wildman–Crippen MR) is 73.7 cm³/mol. The van der Waals surface area contributed by atoms with E-state index in [1.165, 1.54) is 0 Å². The second-order valence-corrected chi connectivity index (χ2v) is 5.61. The van der Waals surface area contributed by atoms with Gasteiger partial charge in [0.05, 0.1) is 12.0 Å². The van der Waals surface area contributed by atoms with Crippen molar-refractivity contribution in [2.75, 3.05) is 0 Å². The molecule has 2 N–H and O–H groups in total. The molecule has 0 aromatic carbocycles. The number of aromatic nitrogens is 1. The molecular formula is C14H19ClN2O2. The predicted octanol–water partition coefficient (Wildman–Crippen LogP) is 2.44. The second kappa shape index (κ2) is 6.35. The summed E-state index contributed by atoms with van der Waals surface area (Å²) in [4.78, 5) is 15.8. The monoisotopic (exact) mass is 282 g/mol. The summed E-state index contributed by atoms with van der Waals surface area (Å²) in [6.07, 6.45) is 6.44. The molecule has 0 atom stereocenters. The van der Waals surface area contributed by atoms with E-state index < -0.39 is 5.60 Å².